The van der Waals surface area contributed by atoms with Crippen LogP contribution in [0.5, 0.6) is 0 Å². The van der Waals surface area contributed by atoms with Crippen LogP contribution in [0.1, 0.15) is 18.1 Å². The number of amides is 1. The van der Waals surface area contributed by atoms with Gasteiger partial charge in [0.15, 0.2) is 0 Å². The number of carbonyl (C=O) groups excluding carboxylic acids is 1. The van der Waals surface area contributed by atoms with E-state index in [9.17, 15) is 4.79 Å². The Morgan fingerprint density at radius 2 is 2.06 bits per heavy atom. The van der Waals surface area contributed by atoms with E-state index in [0.717, 1.165) is 43.9 Å². The smallest absolute Gasteiger partial charge is 0.228 e. The van der Waals surface area contributed by atoms with Gasteiger partial charge in [-0.1, -0.05) is 19.1 Å². The van der Waals surface area contributed by atoms with Crippen LogP contribution in [-0.2, 0) is 17.6 Å². The van der Waals surface area contributed by atoms with Gasteiger partial charge in [-0.15, -0.1) is 0 Å². The van der Waals surface area contributed by atoms with Crippen molar-refractivity contribution in [2.75, 3.05) is 31.5 Å². The standard InChI is InChI=1S/C14H21N3O/c1-2-15-7-8-16-6-5-11-3-4-13-12(9-11)10-14(18)17-13/h3-4,9,15-16H,2,5-8,10H2,1H3,(H,17,18). The van der Waals surface area contributed by atoms with E-state index in [2.05, 4.69) is 35.0 Å². The van der Waals surface area contributed by atoms with Crippen LogP contribution in [0.3, 0.4) is 0 Å². The zero-order valence-corrected chi connectivity index (χ0v) is 10.9. The normalized spacial score (nSPS) is 13.5. The summed E-state index contributed by atoms with van der Waals surface area (Å²) in [5.74, 6) is 0.103. The third-order valence-corrected chi connectivity index (χ3v) is 3.11. The summed E-state index contributed by atoms with van der Waals surface area (Å²) in [6, 6.07) is 6.24. The third kappa shape index (κ3) is 3.55. The number of nitrogens with one attached hydrogen (secondary N) is 3. The van der Waals surface area contributed by atoms with Crippen LogP contribution in [0.25, 0.3) is 0 Å². The minimum atomic E-state index is 0.103. The predicted octanol–water partition coefficient (Wildman–Crippen LogP) is 0.923. The summed E-state index contributed by atoms with van der Waals surface area (Å²) in [5.41, 5.74) is 3.40. The van der Waals surface area contributed by atoms with Crippen LogP contribution in [0.15, 0.2) is 18.2 Å². The summed E-state index contributed by atoms with van der Waals surface area (Å²) in [4.78, 5) is 11.2. The second-order valence-corrected chi connectivity index (χ2v) is 4.57. The van der Waals surface area contributed by atoms with Gasteiger partial charge in [-0.3, -0.25) is 4.79 Å². The Bertz CT molecular complexity index is 418. The molecule has 0 saturated heterocycles. The Hall–Kier alpha value is -1.39. The number of anilines is 1. The summed E-state index contributed by atoms with van der Waals surface area (Å²) in [6.45, 7) is 6.12. The second-order valence-electron chi connectivity index (χ2n) is 4.57. The number of carbonyl (C=O) groups is 1. The summed E-state index contributed by atoms with van der Waals surface area (Å²) < 4.78 is 0. The summed E-state index contributed by atoms with van der Waals surface area (Å²) in [5, 5.41) is 9.53. The molecule has 0 fully saturated rings. The first-order valence-electron chi connectivity index (χ1n) is 6.62. The van der Waals surface area contributed by atoms with Crippen molar-refractivity contribution in [3.8, 4) is 0 Å². The van der Waals surface area contributed by atoms with E-state index in [0.29, 0.717) is 6.42 Å². The highest BCUT2D eigenvalue weighted by atomic mass is 16.1. The van der Waals surface area contributed by atoms with Crippen molar-refractivity contribution in [1.82, 2.24) is 10.6 Å². The number of hydrogen-bond donors (Lipinski definition) is 3. The fraction of sp³-hybridized carbons (Fsp3) is 0.500. The van der Waals surface area contributed by atoms with E-state index in [-0.39, 0.29) is 5.91 Å². The van der Waals surface area contributed by atoms with E-state index in [4.69, 9.17) is 0 Å². The van der Waals surface area contributed by atoms with Crippen LogP contribution < -0.4 is 16.0 Å². The highest BCUT2D eigenvalue weighted by Gasteiger charge is 2.16. The lowest BCUT2D eigenvalue weighted by Crippen LogP contribution is -2.28. The maximum Gasteiger partial charge on any atom is 0.228 e. The minimum Gasteiger partial charge on any atom is -0.326 e. The highest BCUT2D eigenvalue weighted by molar-refractivity contribution is 5.99. The van der Waals surface area contributed by atoms with E-state index >= 15 is 0 Å². The van der Waals surface area contributed by atoms with Gasteiger partial charge in [0, 0.05) is 18.8 Å². The molecule has 0 saturated carbocycles. The van der Waals surface area contributed by atoms with Crippen molar-refractivity contribution in [3.05, 3.63) is 29.3 Å². The highest BCUT2D eigenvalue weighted by Crippen LogP contribution is 2.23. The monoisotopic (exact) mass is 247 g/mol. The van der Waals surface area contributed by atoms with Gasteiger partial charge in [0.2, 0.25) is 5.91 Å². The number of likely N-dealkylation sites (N-methyl/N-ethyl adjacent to an activating group) is 1. The lowest BCUT2D eigenvalue weighted by molar-refractivity contribution is -0.115. The largest absolute Gasteiger partial charge is 0.326 e. The number of hydrogen-bond acceptors (Lipinski definition) is 3. The van der Waals surface area contributed by atoms with Gasteiger partial charge in [0.25, 0.3) is 0 Å². The van der Waals surface area contributed by atoms with Crippen LogP contribution in [-0.4, -0.2) is 32.1 Å². The maximum atomic E-state index is 11.2. The lowest BCUT2D eigenvalue weighted by atomic mass is 10.1. The molecule has 0 atom stereocenters. The van der Waals surface area contributed by atoms with Crippen molar-refractivity contribution in [2.45, 2.75) is 19.8 Å². The molecule has 2 rings (SSSR count). The van der Waals surface area contributed by atoms with Crippen molar-refractivity contribution >= 4 is 11.6 Å². The van der Waals surface area contributed by atoms with Crippen molar-refractivity contribution in [1.29, 1.82) is 0 Å². The Balaban J connectivity index is 1.74. The molecule has 0 radical (unpaired) electrons. The van der Waals surface area contributed by atoms with E-state index in [1.54, 1.807) is 0 Å². The lowest BCUT2D eigenvalue weighted by Gasteiger charge is -2.06. The van der Waals surface area contributed by atoms with Gasteiger partial charge in [-0.25, -0.2) is 0 Å². The first-order valence-corrected chi connectivity index (χ1v) is 6.62. The molecule has 0 unspecified atom stereocenters. The SMILES string of the molecule is CCNCCNCCc1ccc2c(c1)CC(=O)N2. The third-order valence-electron chi connectivity index (χ3n) is 3.11. The molecule has 3 N–H and O–H groups in total. The topological polar surface area (TPSA) is 53.2 Å². The molecule has 1 aliphatic rings. The molecule has 18 heavy (non-hydrogen) atoms. The van der Waals surface area contributed by atoms with Crippen LogP contribution in [0, 0.1) is 0 Å². The molecule has 1 aromatic rings. The quantitative estimate of drug-likeness (QED) is 0.628. The van der Waals surface area contributed by atoms with Crippen LogP contribution >= 0.6 is 0 Å². The maximum absolute atomic E-state index is 11.2. The molecule has 1 heterocycles. The van der Waals surface area contributed by atoms with Crippen molar-refractivity contribution in [3.63, 3.8) is 0 Å². The van der Waals surface area contributed by atoms with Gasteiger partial charge in [0.1, 0.15) is 0 Å². The Labute approximate surface area is 108 Å². The van der Waals surface area contributed by atoms with Crippen LogP contribution in [0.2, 0.25) is 0 Å². The molecule has 1 aromatic carbocycles. The molecular formula is C14H21N3O. The van der Waals surface area contributed by atoms with Gasteiger partial charge >= 0.3 is 0 Å². The van der Waals surface area contributed by atoms with Gasteiger partial charge in [-0.05, 0) is 36.7 Å². The molecule has 0 aliphatic carbocycles. The number of benzene rings is 1. The zero-order valence-electron chi connectivity index (χ0n) is 10.9. The van der Waals surface area contributed by atoms with Gasteiger partial charge < -0.3 is 16.0 Å². The molecular weight excluding hydrogens is 226 g/mol. The molecule has 1 amide bonds. The van der Waals surface area contributed by atoms with Gasteiger partial charge in [0.05, 0.1) is 6.42 Å². The fourth-order valence-corrected chi connectivity index (χ4v) is 2.15. The first-order chi connectivity index (χ1) is 8.79. The molecule has 98 valence electrons. The second kappa shape index (κ2) is 6.52. The van der Waals surface area contributed by atoms with Gasteiger partial charge in [-0.2, -0.15) is 0 Å². The summed E-state index contributed by atoms with van der Waals surface area (Å²) in [7, 11) is 0. The van der Waals surface area contributed by atoms with Crippen LogP contribution in [0.4, 0.5) is 5.69 Å². The molecule has 1 aliphatic heterocycles. The number of rotatable bonds is 7. The fourth-order valence-electron chi connectivity index (χ4n) is 2.15. The zero-order chi connectivity index (χ0) is 12.8. The molecule has 0 aromatic heterocycles. The predicted molar refractivity (Wildman–Crippen MR) is 73.9 cm³/mol. The Morgan fingerprint density at radius 1 is 1.22 bits per heavy atom. The van der Waals surface area contributed by atoms with E-state index in [1.807, 2.05) is 6.07 Å². The Morgan fingerprint density at radius 3 is 2.89 bits per heavy atom. The van der Waals surface area contributed by atoms with E-state index in [1.165, 1.54) is 5.56 Å². The summed E-state index contributed by atoms with van der Waals surface area (Å²) >= 11 is 0. The average Bonchev–Trinajstić information content (AvgIpc) is 2.73. The molecule has 0 bridgehead atoms. The minimum absolute atomic E-state index is 0.103. The average molecular weight is 247 g/mol. The first kappa shape index (κ1) is 13.1. The number of fused-ring (bicyclic) bond motifs is 1. The Kier molecular flexibility index (Phi) is 4.73. The molecule has 0 spiro atoms. The van der Waals surface area contributed by atoms with Crippen molar-refractivity contribution < 1.29 is 4.79 Å². The molecule has 4 nitrogen and oxygen atoms in total. The van der Waals surface area contributed by atoms with Crippen molar-refractivity contribution in [2.24, 2.45) is 0 Å². The van der Waals surface area contributed by atoms with E-state index < -0.39 is 0 Å². The molecule has 4 heteroatoms. The summed E-state index contributed by atoms with van der Waals surface area (Å²) in [6.07, 6.45) is 1.53.